The number of alkyl halides is 1. The van der Waals surface area contributed by atoms with E-state index in [-0.39, 0.29) is 18.9 Å². The fraction of sp³-hybridized carbons (Fsp3) is 0.458. The molecule has 0 aliphatic carbocycles. The second-order valence-electron chi connectivity index (χ2n) is 8.28. The zero-order valence-electron chi connectivity index (χ0n) is 19.0. The number of hydrogen-bond acceptors (Lipinski definition) is 7. The molecular formula is C24H28FN3O5. The van der Waals surface area contributed by atoms with Crippen molar-refractivity contribution in [3.63, 3.8) is 0 Å². The quantitative estimate of drug-likeness (QED) is 0.550. The summed E-state index contributed by atoms with van der Waals surface area (Å²) in [7, 11) is 0. The average molecular weight is 458 g/mol. The third kappa shape index (κ3) is 5.18. The topological polar surface area (TPSA) is 107 Å². The van der Waals surface area contributed by atoms with Crippen molar-refractivity contribution in [3.8, 4) is 0 Å². The standard InChI is InChI=1S/C24H28FN3O5/c1-4-11-32-21(30)12-18(20(29)14-25)27-23(31)24(15(2)3)13-19(28-33-24)22-17-8-6-5-7-16(17)9-10-26-22/h5-10,15,18H,4,11-14H2,1-3H3,(H,27,31)/t18-,24?/m0/s1. The van der Waals surface area contributed by atoms with Crippen molar-refractivity contribution in [2.75, 3.05) is 13.3 Å². The largest absolute Gasteiger partial charge is 0.466 e. The molecule has 0 radical (unpaired) electrons. The second kappa shape index (κ2) is 10.5. The van der Waals surface area contributed by atoms with Gasteiger partial charge >= 0.3 is 5.97 Å². The molecule has 1 aliphatic heterocycles. The minimum Gasteiger partial charge on any atom is -0.466 e. The molecule has 1 aliphatic rings. The third-order valence-electron chi connectivity index (χ3n) is 5.68. The molecule has 1 amide bonds. The number of hydrogen-bond donors (Lipinski definition) is 1. The van der Waals surface area contributed by atoms with Crippen molar-refractivity contribution in [2.45, 2.75) is 51.7 Å². The smallest absolute Gasteiger partial charge is 0.308 e. The van der Waals surface area contributed by atoms with Gasteiger partial charge in [-0.25, -0.2) is 4.39 Å². The number of ether oxygens (including phenoxy) is 1. The number of amides is 1. The molecule has 2 atom stereocenters. The van der Waals surface area contributed by atoms with Crippen molar-refractivity contribution < 1.29 is 28.3 Å². The lowest BCUT2D eigenvalue weighted by Crippen LogP contribution is -2.55. The number of rotatable bonds is 10. The molecule has 0 spiro atoms. The van der Waals surface area contributed by atoms with Gasteiger partial charge < -0.3 is 14.9 Å². The molecule has 2 aromatic rings. The number of nitrogens with zero attached hydrogens (tertiary/aromatic N) is 2. The van der Waals surface area contributed by atoms with Gasteiger partial charge in [0.1, 0.15) is 18.4 Å². The van der Waals surface area contributed by atoms with E-state index in [1.807, 2.05) is 37.3 Å². The molecule has 0 bridgehead atoms. The van der Waals surface area contributed by atoms with Crippen molar-refractivity contribution in [3.05, 3.63) is 42.2 Å². The molecule has 9 heteroatoms. The molecule has 1 aromatic carbocycles. The van der Waals surface area contributed by atoms with Gasteiger partial charge in [0.15, 0.2) is 5.78 Å². The van der Waals surface area contributed by atoms with Crippen LogP contribution >= 0.6 is 0 Å². The van der Waals surface area contributed by atoms with Crippen LogP contribution in [0, 0.1) is 5.92 Å². The minimum atomic E-state index is -1.43. The number of nitrogens with one attached hydrogen (secondary N) is 1. The van der Waals surface area contributed by atoms with E-state index in [4.69, 9.17) is 9.57 Å². The first-order chi connectivity index (χ1) is 15.8. The summed E-state index contributed by atoms with van der Waals surface area (Å²) in [4.78, 5) is 47.5. The lowest BCUT2D eigenvalue weighted by atomic mass is 9.83. The van der Waals surface area contributed by atoms with Crippen LogP contribution in [-0.4, -0.2) is 53.3 Å². The highest BCUT2D eigenvalue weighted by Crippen LogP contribution is 2.35. The van der Waals surface area contributed by atoms with E-state index < -0.39 is 42.4 Å². The van der Waals surface area contributed by atoms with E-state index in [1.165, 1.54) is 0 Å². The Morgan fingerprint density at radius 3 is 2.70 bits per heavy atom. The van der Waals surface area contributed by atoms with Crippen molar-refractivity contribution >= 4 is 34.1 Å². The number of benzene rings is 1. The molecule has 3 rings (SSSR count). The molecule has 1 aromatic heterocycles. The minimum absolute atomic E-state index is 0.105. The summed E-state index contributed by atoms with van der Waals surface area (Å²) in [6.45, 7) is 4.26. The highest BCUT2D eigenvalue weighted by Gasteiger charge is 2.50. The zero-order chi connectivity index (χ0) is 24.0. The summed E-state index contributed by atoms with van der Waals surface area (Å²) in [5.41, 5.74) is -0.342. The van der Waals surface area contributed by atoms with Gasteiger partial charge in [-0.05, 0) is 17.9 Å². The van der Waals surface area contributed by atoms with Gasteiger partial charge in [0, 0.05) is 23.9 Å². The summed E-state index contributed by atoms with van der Waals surface area (Å²) in [6.07, 6.45) is 1.91. The van der Waals surface area contributed by atoms with Gasteiger partial charge in [0.2, 0.25) is 5.60 Å². The predicted molar refractivity (Wildman–Crippen MR) is 120 cm³/mol. The maximum atomic E-state index is 13.3. The Morgan fingerprint density at radius 1 is 1.24 bits per heavy atom. The average Bonchev–Trinajstić information content (AvgIpc) is 3.28. The molecule has 0 fully saturated rings. The first kappa shape index (κ1) is 24.3. The van der Waals surface area contributed by atoms with E-state index in [1.54, 1.807) is 20.0 Å². The first-order valence-corrected chi connectivity index (χ1v) is 11.0. The van der Waals surface area contributed by atoms with Crippen LogP contribution < -0.4 is 5.32 Å². The van der Waals surface area contributed by atoms with E-state index >= 15 is 0 Å². The number of esters is 1. The van der Waals surface area contributed by atoms with Gasteiger partial charge in [-0.3, -0.25) is 19.4 Å². The van der Waals surface area contributed by atoms with Gasteiger partial charge in [-0.1, -0.05) is 50.2 Å². The number of fused-ring (bicyclic) bond motifs is 1. The number of Topliss-reactive ketones (excluding diaryl/α,β-unsaturated/α-hetero) is 1. The highest BCUT2D eigenvalue weighted by atomic mass is 19.1. The van der Waals surface area contributed by atoms with Crippen molar-refractivity contribution in [1.29, 1.82) is 0 Å². The van der Waals surface area contributed by atoms with E-state index in [0.29, 0.717) is 17.8 Å². The van der Waals surface area contributed by atoms with E-state index in [0.717, 1.165) is 10.8 Å². The molecule has 8 nitrogen and oxygen atoms in total. The van der Waals surface area contributed by atoms with E-state index in [9.17, 15) is 18.8 Å². The van der Waals surface area contributed by atoms with Gasteiger partial charge in [-0.15, -0.1) is 0 Å². The van der Waals surface area contributed by atoms with Gasteiger partial charge in [0.05, 0.1) is 18.7 Å². The molecule has 176 valence electrons. The lowest BCUT2D eigenvalue weighted by Gasteiger charge is -2.30. The molecular weight excluding hydrogens is 429 g/mol. The summed E-state index contributed by atoms with van der Waals surface area (Å²) in [6, 6.07) is 8.18. The second-order valence-corrected chi connectivity index (χ2v) is 8.28. The maximum Gasteiger partial charge on any atom is 0.308 e. The fourth-order valence-electron chi connectivity index (χ4n) is 3.68. The third-order valence-corrected chi connectivity index (χ3v) is 5.68. The zero-order valence-corrected chi connectivity index (χ0v) is 19.0. The predicted octanol–water partition coefficient (Wildman–Crippen LogP) is 3.12. The molecule has 0 saturated carbocycles. The number of aromatic nitrogens is 1. The van der Waals surface area contributed by atoms with Crippen LogP contribution in [0.4, 0.5) is 4.39 Å². The summed E-state index contributed by atoms with van der Waals surface area (Å²) in [5, 5.41) is 8.50. The van der Waals surface area contributed by atoms with Crippen LogP contribution in [0.1, 0.15) is 45.7 Å². The van der Waals surface area contributed by atoms with Gasteiger partial charge in [0.25, 0.3) is 5.91 Å². The Kier molecular flexibility index (Phi) is 7.73. The monoisotopic (exact) mass is 457 g/mol. The first-order valence-electron chi connectivity index (χ1n) is 11.0. The molecule has 1 N–H and O–H groups in total. The Hall–Kier alpha value is -3.36. The maximum absolute atomic E-state index is 13.3. The Bertz CT molecular complexity index is 1070. The number of halogens is 1. The number of carbonyl (C=O) groups excluding carboxylic acids is 3. The highest BCUT2D eigenvalue weighted by molar-refractivity contribution is 6.12. The normalized spacial score (nSPS) is 18.5. The number of pyridine rings is 1. The Labute approximate surface area is 191 Å². The summed E-state index contributed by atoms with van der Waals surface area (Å²) in [5.74, 6) is -2.59. The number of oxime groups is 1. The molecule has 33 heavy (non-hydrogen) atoms. The van der Waals surface area contributed by atoms with Crippen LogP contribution in [0.3, 0.4) is 0 Å². The van der Waals surface area contributed by atoms with Crippen molar-refractivity contribution in [2.24, 2.45) is 11.1 Å². The Morgan fingerprint density at radius 2 is 2.00 bits per heavy atom. The van der Waals surface area contributed by atoms with Crippen LogP contribution in [0.2, 0.25) is 0 Å². The van der Waals surface area contributed by atoms with E-state index in [2.05, 4.69) is 15.5 Å². The lowest BCUT2D eigenvalue weighted by molar-refractivity contribution is -0.153. The Balaban J connectivity index is 1.82. The van der Waals surface area contributed by atoms with Crippen LogP contribution in [0.15, 0.2) is 41.7 Å². The number of ketones is 1. The molecule has 2 heterocycles. The van der Waals surface area contributed by atoms with Crippen LogP contribution in [0.25, 0.3) is 10.8 Å². The molecule has 1 unspecified atom stereocenters. The number of carbonyl (C=O) groups is 3. The summed E-state index contributed by atoms with van der Waals surface area (Å²) < 4.78 is 18.1. The van der Waals surface area contributed by atoms with Gasteiger partial charge in [-0.2, -0.15) is 0 Å². The fourth-order valence-corrected chi connectivity index (χ4v) is 3.68. The van der Waals surface area contributed by atoms with Crippen molar-refractivity contribution in [1.82, 2.24) is 10.3 Å². The summed E-state index contributed by atoms with van der Waals surface area (Å²) >= 11 is 0. The molecule has 0 saturated heterocycles. The van der Waals surface area contributed by atoms with Crippen LogP contribution in [0.5, 0.6) is 0 Å². The van der Waals surface area contributed by atoms with Crippen LogP contribution in [-0.2, 0) is 24.0 Å². The SMILES string of the molecule is CCCOC(=O)C[C@H](NC(=O)C1(C(C)C)CC(c2nccc3ccccc23)=NO1)C(=O)CF.